The van der Waals surface area contributed by atoms with Gasteiger partial charge in [0.2, 0.25) is 0 Å². The van der Waals surface area contributed by atoms with Crippen molar-refractivity contribution >= 4 is 22.9 Å². The second kappa shape index (κ2) is 5.66. The number of benzene rings is 1. The van der Waals surface area contributed by atoms with Gasteiger partial charge in [0, 0.05) is 6.54 Å². The molecule has 0 aliphatic rings. The summed E-state index contributed by atoms with van der Waals surface area (Å²) >= 11 is 1.29. The van der Waals surface area contributed by atoms with E-state index >= 15 is 0 Å². The fourth-order valence-corrected chi connectivity index (χ4v) is 2.30. The highest BCUT2D eigenvalue weighted by Gasteiger charge is 2.13. The largest absolute Gasteiger partial charge is 0.397 e. The number of hydrogen-bond donors (Lipinski definition) is 3. The quantitative estimate of drug-likeness (QED) is 0.786. The van der Waals surface area contributed by atoms with Gasteiger partial charge in [0.15, 0.2) is 0 Å². The summed E-state index contributed by atoms with van der Waals surface area (Å²) in [6.07, 6.45) is -0.712. The third kappa shape index (κ3) is 2.88. The fraction of sp³-hybridized carbons (Fsp3) is 0.154. The molecule has 0 aliphatic carbocycles. The molecule has 1 aromatic heterocycles. The molecular formula is C13H14N2O2S. The Morgan fingerprint density at radius 2 is 2.06 bits per heavy atom. The van der Waals surface area contributed by atoms with Gasteiger partial charge in [0.05, 0.1) is 11.8 Å². The third-order valence-electron chi connectivity index (χ3n) is 2.54. The molecule has 0 saturated carbocycles. The molecule has 4 N–H and O–H groups in total. The number of aliphatic hydroxyl groups excluding tert-OH is 1. The minimum atomic E-state index is -0.712. The first kappa shape index (κ1) is 12.6. The van der Waals surface area contributed by atoms with E-state index in [0.717, 1.165) is 5.56 Å². The van der Waals surface area contributed by atoms with Gasteiger partial charge in [-0.2, -0.15) is 0 Å². The van der Waals surface area contributed by atoms with Crippen molar-refractivity contribution in [3.63, 3.8) is 0 Å². The van der Waals surface area contributed by atoms with Gasteiger partial charge in [-0.15, -0.1) is 11.3 Å². The van der Waals surface area contributed by atoms with E-state index in [1.807, 2.05) is 30.3 Å². The number of carbonyl (C=O) groups is 1. The van der Waals surface area contributed by atoms with Crippen molar-refractivity contribution in [1.82, 2.24) is 5.32 Å². The first-order chi connectivity index (χ1) is 8.68. The first-order valence-corrected chi connectivity index (χ1v) is 6.40. The Morgan fingerprint density at radius 3 is 2.67 bits per heavy atom. The van der Waals surface area contributed by atoms with Gasteiger partial charge in [-0.25, -0.2) is 0 Å². The highest BCUT2D eigenvalue weighted by molar-refractivity contribution is 7.12. The number of aliphatic hydroxyl groups is 1. The van der Waals surface area contributed by atoms with Crippen molar-refractivity contribution in [2.45, 2.75) is 6.10 Å². The molecule has 1 unspecified atom stereocenters. The second-order valence-electron chi connectivity index (χ2n) is 3.84. The van der Waals surface area contributed by atoms with Crippen LogP contribution in [0.25, 0.3) is 0 Å². The number of thiophene rings is 1. The summed E-state index contributed by atoms with van der Waals surface area (Å²) in [4.78, 5) is 12.3. The lowest BCUT2D eigenvalue weighted by atomic mass is 10.1. The lowest BCUT2D eigenvalue weighted by Gasteiger charge is -2.11. The Balaban J connectivity index is 1.93. The first-order valence-electron chi connectivity index (χ1n) is 5.52. The van der Waals surface area contributed by atoms with Crippen LogP contribution in [0.3, 0.4) is 0 Å². The summed E-state index contributed by atoms with van der Waals surface area (Å²) < 4.78 is 0. The van der Waals surface area contributed by atoms with Crippen LogP contribution >= 0.6 is 11.3 Å². The Kier molecular flexibility index (Phi) is 3.96. The lowest BCUT2D eigenvalue weighted by Crippen LogP contribution is -2.28. The molecule has 0 bridgehead atoms. The van der Waals surface area contributed by atoms with E-state index in [9.17, 15) is 9.90 Å². The van der Waals surface area contributed by atoms with Crippen molar-refractivity contribution in [3.05, 3.63) is 52.2 Å². The third-order valence-corrected chi connectivity index (χ3v) is 3.47. The van der Waals surface area contributed by atoms with Crippen molar-refractivity contribution in [3.8, 4) is 0 Å². The maximum absolute atomic E-state index is 11.8. The lowest BCUT2D eigenvalue weighted by molar-refractivity contribution is 0.0921. The molecule has 1 aromatic carbocycles. The molecule has 0 spiro atoms. The van der Waals surface area contributed by atoms with Crippen LogP contribution in [0.2, 0.25) is 0 Å². The van der Waals surface area contributed by atoms with Crippen molar-refractivity contribution in [2.75, 3.05) is 12.3 Å². The van der Waals surface area contributed by atoms with Crippen LogP contribution in [0.1, 0.15) is 21.3 Å². The standard InChI is InChI=1S/C13H14N2O2S/c14-10-6-7-18-12(10)13(17)15-8-11(16)9-4-2-1-3-5-9/h1-7,11,16H,8,14H2,(H,15,17). The molecule has 0 saturated heterocycles. The highest BCUT2D eigenvalue weighted by Crippen LogP contribution is 2.18. The molecule has 5 heteroatoms. The molecule has 1 atom stereocenters. The smallest absolute Gasteiger partial charge is 0.263 e. The Bertz CT molecular complexity index is 525. The maximum Gasteiger partial charge on any atom is 0.263 e. The minimum Gasteiger partial charge on any atom is -0.397 e. The zero-order valence-corrected chi connectivity index (χ0v) is 10.5. The summed E-state index contributed by atoms with van der Waals surface area (Å²) in [6, 6.07) is 10.9. The Labute approximate surface area is 109 Å². The molecule has 0 aliphatic heterocycles. The number of amides is 1. The molecule has 1 heterocycles. The number of nitrogens with two attached hydrogens (primary N) is 1. The van der Waals surface area contributed by atoms with Crippen LogP contribution in [0.4, 0.5) is 5.69 Å². The van der Waals surface area contributed by atoms with Gasteiger partial charge >= 0.3 is 0 Å². The van der Waals surface area contributed by atoms with Crippen molar-refractivity contribution < 1.29 is 9.90 Å². The number of nitrogens with one attached hydrogen (secondary N) is 1. The summed E-state index contributed by atoms with van der Waals surface area (Å²) in [5.74, 6) is -0.252. The van der Waals surface area contributed by atoms with E-state index in [0.29, 0.717) is 10.6 Å². The molecule has 1 amide bonds. The van der Waals surface area contributed by atoms with Crippen LogP contribution in [-0.2, 0) is 0 Å². The highest BCUT2D eigenvalue weighted by atomic mass is 32.1. The molecule has 2 aromatic rings. The SMILES string of the molecule is Nc1ccsc1C(=O)NCC(O)c1ccccc1. The maximum atomic E-state index is 11.8. The van der Waals surface area contributed by atoms with E-state index in [1.54, 1.807) is 11.4 Å². The van der Waals surface area contributed by atoms with E-state index in [4.69, 9.17) is 5.73 Å². The number of carbonyl (C=O) groups excluding carboxylic acids is 1. The molecular weight excluding hydrogens is 248 g/mol. The number of anilines is 1. The summed E-state index contributed by atoms with van der Waals surface area (Å²) in [5.41, 5.74) is 6.89. The normalized spacial score (nSPS) is 12.1. The van der Waals surface area contributed by atoms with E-state index in [-0.39, 0.29) is 12.5 Å². The summed E-state index contributed by atoms with van der Waals surface area (Å²) in [6.45, 7) is 0.167. The van der Waals surface area contributed by atoms with Crippen molar-refractivity contribution in [2.24, 2.45) is 0 Å². The van der Waals surface area contributed by atoms with Crippen LogP contribution < -0.4 is 11.1 Å². The minimum absolute atomic E-state index is 0.167. The van der Waals surface area contributed by atoms with Gasteiger partial charge in [0.1, 0.15) is 4.88 Å². The average molecular weight is 262 g/mol. The van der Waals surface area contributed by atoms with Crippen molar-refractivity contribution in [1.29, 1.82) is 0 Å². The molecule has 0 fully saturated rings. The fourth-order valence-electron chi connectivity index (χ4n) is 1.57. The zero-order chi connectivity index (χ0) is 13.0. The Hall–Kier alpha value is -1.85. The zero-order valence-electron chi connectivity index (χ0n) is 9.67. The number of nitrogen functional groups attached to an aromatic ring is 1. The van der Waals surface area contributed by atoms with Crippen LogP contribution in [-0.4, -0.2) is 17.6 Å². The predicted octanol–water partition coefficient (Wildman–Crippen LogP) is 1.79. The molecule has 2 rings (SSSR count). The topological polar surface area (TPSA) is 75.4 Å². The monoisotopic (exact) mass is 262 g/mol. The molecule has 18 heavy (non-hydrogen) atoms. The van der Waals surface area contributed by atoms with Gasteiger partial charge < -0.3 is 16.2 Å². The van der Waals surface area contributed by atoms with Crippen LogP contribution in [0.5, 0.6) is 0 Å². The second-order valence-corrected chi connectivity index (χ2v) is 4.76. The molecule has 94 valence electrons. The van der Waals surface area contributed by atoms with E-state index in [1.165, 1.54) is 11.3 Å². The van der Waals surface area contributed by atoms with E-state index < -0.39 is 6.10 Å². The molecule has 0 radical (unpaired) electrons. The van der Waals surface area contributed by atoms with Gasteiger partial charge in [0.25, 0.3) is 5.91 Å². The van der Waals surface area contributed by atoms with E-state index in [2.05, 4.69) is 5.32 Å². The van der Waals surface area contributed by atoms with Gasteiger partial charge in [-0.3, -0.25) is 4.79 Å². The molecule has 4 nitrogen and oxygen atoms in total. The number of rotatable bonds is 4. The summed E-state index contributed by atoms with van der Waals surface area (Å²) in [5, 5.41) is 14.3. The predicted molar refractivity (Wildman–Crippen MR) is 72.5 cm³/mol. The summed E-state index contributed by atoms with van der Waals surface area (Å²) in [7, 11) is 0. The number of hydrogen-bond acceptors (Lipinski definition) is 4. The van der Waals surface area contributed by atoms with Crippen LogP contribution in [0, 0.1) is 0 Å². The van der Waals surface area contributed by atoms with Gasteiger partial charge in [-0.05, 0) is 17.0 Å². The Morgan fingerprint density at radius 1 is 1.33 bits per heavy atom. The van der Waals surface area contributed by atoms with Crippen LogP contribution in [0.15, 0.2) is 41.8 Å². The van der Waals surface area contributed by atoms with Gasteiger partial charge in [-0.1, -0.05) is 30.3 Å². The average Bonchev–Trinajstić information content (AvgIpc) is 2.83.